The third-order valence-corrected chi connectivity index (χ3v) is 16.5. The van der Waals surface area contributed by atoms with Crippen molar-refractivity contribution in [1.82, 2.24) is 0 Å². The zero-order chi connectivity index (χ0) is 10.2. The number of hydrogen-bond donors (Lipinski definition) is 0. The molecule has 0 heterocycles. The van der Waals surface area contributed by atoms with Crippen LogP contribution in [-0.2, 0) is 0 Å². The van der Waals surface area contributed by atoms with Gasteiger partial charge < -0.3 is 0 Å². The number of rotatable bonds is 3. The first kappa shape index (κ1) is 12.4. The molecule has 0 saturated heterocycles. The summed E-state index contributed by atoms with van der Waals surface area (Å²) in [6, 6.07) is 0. The van der Waals surface area contributed by atoms with Gasteiger partial charge in [0.15, 0.2) is 0 Å². The van der Waals surface area contributed by atoms with Crippen LogP contribution in [0.2, 0.25) is 43.4 Å². The Bertz CT molecular complexity index is 142. The highest BCUT2D eigenvalue weighted by Crippen LogP contribution is 2.38. The maximum absolute atomic E-state index is 2.56. The van der Waals surface area contributed by atoms with Crippen molar-refractivity contribution in [3.05, 3.63) is 0 Å². The molecule has 0 fully saturated rings. The molecular formula is C10H26Si2. The van der Waals surface area contributed by atoms with Crippen LogP contribution in [0.15, 0.2) is 0 Å². The lowest BCUT2D eigenvalue weighted by atomic mass is 10.6. The van der Waals surface area contributed by atoms with Gasteiger partial charge in [0.1, 0.15) is 0 Å². The lowest BCUT2D eigenvalue weighted by Gasteiger charge is -2.41. The van der Waals surface area contributed by atoms with E-state index in [1.807, 2.05) is 0 Å². The van der Waals surface area contributed by atoms with Gasteiger partial charge in [-0.1, -0.05) is 64.2 Å². The second-order valence-electron chi connectivity index (χ2n) is 6.06. The van der Waals surface area contributed by atoms with E-state index in [0.29, 0.717) is 0 Å². The van der Waals surface area contributed by atoms with Crippen molar-refractivity contribution < 1.29 is 0 Å². The minimum atomic E-state index is -0.958. The topological polar surface area (TPSA) is 0 Å². The SMILES string of the molecule is CC(C)[Si](C)(C)C(C)[Si](C)(C)C. The highest BCUT2D eigenvalue weighted by molar-refractivity contribution is 6.97. The van der Waals surface area contributed by atoms with Gasteiger partial charge in [-0.3, -0.25) is 0 Å². The zero-order valence-electron chi connectivity index (χ0n) is 10.2. The zero-order valence-corrected chi connectivity index (χ0v) is 12.2. The van der Waals surface area contributed by atoms with E-state index in [1.165, 1.54) is 0 Å². The van der Waals surface area contributed by atoms with Crippen molar-refractivity contribution in [2.45, 2.75) is 64.2 Å². The molecule has 0 aliphatic heterocycles. The van der Waals surface area contributed by atoms with Crippen molar-refractivity contribution in [3.8, 4) is 0 Å². The van der Waals surface area contributed by atoms with Gasteiger partial charge in [-0.05, 0) is 0 Å². The molecule has 0 aromatic carbocycles. The molecule has 0 spiro atoms. The van der Waals surface area contributed by atoms with Crippen LogP contribution < -0.4 is 0 Å². The van der Waals surface area contributed by atoms with Gasteiger partial charge in [0.2, 0.25) is 0 Å². The molecule has 0 aliphatic rings. The fraction of sp³-hybridized carbons (Fsp3) is 1.00. The van der Waals surface area contributed by atoms with Crippen molar-refractivity contribution in [3.63, 3.8) is 0 Å². The molecule has 0 aromatic heterocycles. The molecule has 0 aliphatic carbocycles. The first-order valence-electron chi connectivity index (χ1n) is 5.10. The summed E-state index contributed by atoms with van der Waals surface area (Å²) >= 11 is 0. The van der Waals surface area contributed by atoms with Crippen LogP contribution in [0.5, 0.6) is 0 Å². The van der Waals surface area contributed by atoms with Gasteiger partial charge in [-0.2, -0.15) is 0 Å². The Labute approximate surface area is 80.8 Å². The van der Waals surface area contributed by atoms with Crippen LogP contribution >= 0.6 is 0 Å². The van der Waals surface area contributed by atoms with E-state index in [-0.39, 0.29) is 0 Å². The van der Waals surface area contributed by atoms with Crippen molar-refractivity contribution in [1.29, 1.82) is 0 Å². The molecule has 0 saturated carbocycles. The average Bonchev–Trinajstić information content (AvgIpc) is 1.83. The maximum atomic E-state index is 2.56. The van der Waals surface area contributed by atoms with Gasteiger partial charge in [0.05, 0.1) is 8.07 Å². The fourth-order valence-electron chi connectivity index (χ4n) is 1.62. The lowest BCUT2D eigenvalue weighted by molar-refractivity contribution is 0.963. The quantitative estimate of drug-likeness (QED) is 0.596. The summed E-state index contributed by atoms with van der Waals surface area (Å²) in [5.74, 6) is 0. The van der Waals surface area contributed by atoms with E-state index in [4.69, 9.17) is 0 Å². The first-order chi connectivity index (χ1) is 5.10. The van der Waals surface area contributed by atoms with E-state index in [1.54, 1.807) is 0 Å². The molecule has 0 bridgehead atoms. The third kappa shape index (κ3) is 2.73. The van der Waals surface area contributed by atoms with Crippen molar-refractivity contribution >= 4 is 16.1 Å². The van der Waals surface area contributed by atoms with Gasteiger partial charge in [-0.15, -0.1) is 0 Å². The Morgan fingerprint density at radius 3 is 1.17 bits per heavy atom. The van der Waals surface area contributed by atoms with Crippen LogP contribution in [0, 0.1) is 0 Å². The molecule has 0 N–H and O–H groups in total. The Morgan fingerprint density at radius 2 is 1.08 bits per heavy atom. The first-order valence-corrected chi connectivity index (χ1v) is 11.8. The summed E-state index contributed by atoms with van der Waals surface area (Å²) in [5.41, 5.74) is 0.930. The van der Waals surface area contributed by atoms with E-state index >= 15 is 0 Å². The molecule has 2 heteroatoms. The van der Waals surface area contributed by atoms with Crippen LogP contribution in [0.1, 0.15) is 20.8 Å². The van der Waals surface area contributed by atoms with Crippen LogP contribution in [-0.4, -0.2) is 16.1 Å². The minimum absolute atomic E-state index is 0.897. The molecule has 0 rings (SSSR count). The lowest BCUT2D eigenvalue weighted by Crippen LogP contribution is -2.46. The monoisotopic (exact) mass is 202 g/mol. The Morgan fingerprint density at radius 1 is 0.750 bits per heavy atom. The fourth-order valence-corrected chi connectivity index (χ4v) is 12.5. The van der Waals surface area contributed by atoms with E-state index in [0.717, 1.165) is 10.7 Å². The van der Waals surface area contributed by atoms with Crippen molar-refractivity contribution in [2.75, 3.05) is 0 Å². The van der Waals surface area contributed by atoms with Gasteiger partial charge >= 0.3 is 0 Å². The van der Waals surface area contributed by atoms with Gasteiger partial charge in [0.25, 0.3) is 0 Å². The maximum Gasteiger partial charge on any atom is 0.0501 e. The molecule has 1 atom stereocenters. The molecule has 12 heavy (non-hydrogen) atoms. The highest BCUT2D eigenvalue weighted by Gasteiger charge is 2.39. The highest BCUT2D eigenvalue weighted by atomic mass is 28.4. The van der Waals surface area contributed by atoms with Gasteiger partial charge in [-0.25, -0.2) is 0 Å². The Kier molecular flexibility index (Phi) is 3.80. The molecule has 0 amide bonds. The Hall–Kier alpha value is 0.434. The predicted molar refractivity (Wildman–Crippen MR) is 65.4 cm³/mol. The summed E-state index contributed by atoms with van der Waals surface area (Å²) in [6.45, 7) is 19.9. The second kappa shape index (κ2) is 3.66. The average molecular weight is 202 g/mol. The molecule has 1 unspecified atom stereocenters. The summed E-state index contributed by atoms with van der Waals surface area (Å²) in [7, 11) is -1.85. The minimum Gasteiger partial charge on any atom is -0.0696 e. The van der Waals surface area contributed by atoms with E-state index in [2.05, 4.69) is 53.5 Å². The standard InChI is InChI=1S/C10H26Si2/c1-9(2)12(7,8)10(3)11(4,5)6/h9-10H,1-8H3. The summed E-state index contributed by atoms with van der Waals surface area (Å²) in [5, 5.41) is 1.03. The summed E-state index contributed by atoms with van der Waals surface area (Å²) < 4.78 is 0. The normalized spacial score (nSPS) is 16.8. The van der Waals surface area contributed by atoms with Crippen LogP contribution in [0.4, 0.5) is 0 Å². The predicted octanol–water partition coefficient (Wildman–Crippen LogP) is 4.37. The number of hydrogen-bond acceptors (Lipinski definition) is 0. The molecule has 74 valence electrons. The van der Waals surface area contributed by atoms with Crippen LogP contribution in [0.25, 0.3) is 0 Å². The Balaban J connectivity index is 4.57. The molecular weight excluding hydrogens is 176 g/mol. The molecule has 0 aromatic rings. The summed E-state index contributed by atoms with van der Waals surface area (Å²) in [6.07, 6.45) is 0. The molecule has 0 nitrogen and oxygen atoms in total. The smallest absolute Gasteiger partial charge is 0.0501 e. The second-order valence-corrected chi connectivity index (χ2v) is 17.9. The van der Waals surface area contributed by atoms with Crippen LogP contribution in [0.3, 0.4) is 0 Å². The van der Waals surface area contributed by atoms with Crippen molar-refractivity contribution in [2.24, 2.45) is 0 Å². The van der Waals surface area contributed by atoms with E-state index < -0.39 is 16.1 Å². The van der Waals surface area contributed by atoms with E-state index in [9.17, 15) is 0 Å². The largest absolute Gasteiger partial charge is 0.0696 e. The van der Waals surface area contributed by atoms with Gasteiger partial charge in [0, 0.05) is 8.07 Å². The third-order valence-electron chi connectivity index (χ3n) is 3.90. The summed E-state index contributed by atoms with van der Waals surface area (Å²) in [4.78, 5) is 0. The molecule has 0 radical (unpaired) electrons.